The Balaban J connectivity index is 1.84. The fourth-order valence-electron chi connectivity index (χ4n) is 7.31. The molecular weight excluding hydrogens is 906 g/mol. The van der Waals surface area contributed by atoms with E-state index in [1.165, 1.54) is 13.8 Å². The van der Waals surface area contributed by atoms with E-state index in [4.69, 9.17) is 43.0 Å². The van der Waals surface area contributed by atoms with Crippen molar-refractivity contribution in [3.05, 3.63) is 11.5 Å². The minimum absolute atomic E-state index is 0.0675. The molecule has 0 radical (unpaired) electrons. The molecule has 68 heavy (non-hydrogen) atoms. The van der Waals surface area contributed by atoms with Crippen LogP contribution in [0.2, 0.25) is 0 Å². The maximum absolute atomic E-state index is 11.7. The van der Waals surface area contributed by atoms with Gasteiger partial charge < -0.3 is 105 Å². The number of ether oxygens (including phenoxy) is 8. The molecule has 0 spiro atoms. The first-order valence-corrected chi connectivity index (χ1v) is 23.4. The van der Waals surface area contributed by atoms with Crippen molar-refractivity contribution < 1.29 is 103 Å². The zero-order valence-electron chi connectivity index (χ0n) is 39.9. The minimum Gasteiger partial charge on any atom is -0.508 e. The van der Waals surface area contributed by atoms with E-state index in [0.717, 1.165) is 6.92 Å². The van der Waals surface area contributed by atoms with E-state index < -0.39 is 128 Å². The van der Waals surface area contributed by atoms with Crippen LogP contribution < -0.4 is 16.0 Å². The molecule has 2 heterocycles. The van der Waals surface area contributed by atoms with E-state index in [9.17, 15) is 60.3 Å². The third kappa shape index (κ3) is 22.6. The largest absolute Gasteiger partial charge is 0.508 e. The molecule has 0 aromatic heterocycles. The van der Waals surface area contributed by atoms with Crippen LogP contribution in [0.15, 0.2) is 11.5 Å². The van der Waals surface area contributed by atoms with Crippen LogP contribution in [0.25, 0.3) is 0 Å². The second kappa shape index (κ2) is 33.8. The van der Waals surface area contributed by atoms with E-state index in [0.29, 0.717) is 97.4 Å². The van der Waals surface area contributed by atoms with Gasteiger partial charge in [-0.1, -0.05) is 6.92 Å². The SMILES string of the molecule is CC(=O)N/C(=C(/O)[C@@H](O)CCO)[C@@H](O)OCCCCCOCC(C)(COCCCCCO[C@@H]1OC(CO)[C@H](O)C(O)C1NC(C)=O)COCCCCCO[C@@H]1OC(CO)[C@H](O)C(O)[C@@H]1NC(C)=O. The summed E-state index contributed by atoms with van der Waals surface area (Å²) in [7, 11) is 0. The smallest absolute Gasteiger partial charge is 0.221 e. The molecule has 0 aromatic carbocycles. The summed E-state index contributed by atoms with van der Waals surface area (Å²) in [4.78, 5) is 35.0. The molecule has 6 unspecified atom stereocenters. The topological polar surface area (TPSA) is 363 Å². The molecule has 24 nitrogen and oxygen atoms in total. The molecule has 2 aliphatic rings. The van der Waals surface area contributed by atoms with E-state index in [1.54, 1.807) is 0 Å². The van der Waals surface area contributed by atoms with E-state index in [2.05, 4.69) is 16.0 Å². The Hall–Kier alpha value is -2.73. The summed E-state index contributed by atoms with van der Waals surface area (Å²) in [5, 5.41) is 108. The molecule has 13 N–H and O–H groups in total. The van der Waals surface area contributed by atoms with Crippen molar-refractivity contribution in [3.8, 4) is 0 Å². The molecule has 3 amide bonds. The van der Waals surface area contributed by atoms with Gasteiger partial charge in [-0.15, -0.1) is 0 Å². The lowest BCUT2D eigenvalue weighted by molar-refractivity contribution is -0.270. The van der Waals surface area contributed by atoms with Crippen LogP contribution in [0.5, 0.6) is 0 Å². The van der Waals surface area contributed by atoms with Gasteiger partial charge in [0, 0.05) is 72.2 Å². The van der Waals surface area contributed by atoms with Crippen molar-refractivity contribution in [3.63, 3.8) is 0 Å². The summed E-state index contributed by atoms with van der Waals surface area (Å²) >= 11 is 0. The summed E-state index contributed by atoms with van der Waals surface area (Å²) in [5.41, 5.74) is -0.937. The molecule has 24 heteroatoms. The van der Waals surface area contributed by atoms with Gasteiger partial charge in [0.25, 0.3) is 0 Å². The normalized spacial score (nSPS) is 27.4. The van der Waals surface area contributed by atoms with Gasteiger partial charge in [0.1, 0.15) is 66.3 Å². The number of carbonyl (C=O) groups is 3. The fraction of sp³-hybridized carbons (Fsp3) is 0.886. The molecule has 13 atom stereocenters. The van der Waals surface area contributed by atoms with Gasteiger partial charge in [0.2, 0.25) is 17.7 Å². The number of rotatable bonds is 36. The van der Waals surface area contributed by atoms with Crippen LogP contribution in [-0.2, 0) is 52.3 Å². The highest BCUT2D eigenvalue weighted by molar-refractivity contribution is 5.75. The van der Waals surface area contributed by atoms with Crippen LogP contribution >= 0.6 is 0 Å². The monoisotopic (exact) mass is 988 g/mol. The van der Waals surface area contributed by atoms with Gasteiger partial charge in [0.05, 0.1) is 39.6 Å². The predicted molar refractivity (Wildman–Crippen MR) is 238 cm³/mol. The first kappa shape index (κ1) is 61.4. The van der Waals surface area contributed by atoms with Crippen LogP contribution in [0, 0.1) is 5.41 Å². The lowest BCUT2D eigenvalue weighted by Gasteiger charge is -2.42. The Morgan fingerprint density at radius 1 is 0.588 bits per heavy atom. The Labute approximate surface area is 398 Å². The predicted octanol–water partition coefficient (Wildman–Crippen LogP) is -2.54. The van der Waals surface area contributed by atoms with Gasteiger partial charge in [-0.2, -0.15) is 0 Å². The Kier molecular flexibility index (Phi) is 30.5. The molecule has 2 saturated heterocycles. The summed E-state index contributed by atoms with van der Waals surface area (Å²) < 4.78 is 46.4. The second-order valence-corrected chi connectivity index (χ2v) is 17.5. The number of hydrogen-bond acceptors (Lipinski definition) is 21. The standard InChI is InChI=1S/C44H81N3O21/c1-27(51)45-33(36(55)30(54)14-15-48)41(60)64-19-11-5-8-16-61-24-44(4,25-62-17-9-6-12-20-65-42-34(46-28(2)52)39(58)37(56)31(22-49)67-42)26-63-18-10-7-13-21-66-43-35(47-29(3)53)40(59)38(57)32(23-50)68-43/h30-32,34-35,37-43,48-50,54-60H,5-26H2,1-4H3,(H,45,51)(H,46,52)(H,47,53)/b36-33+/t30-,31?,32?,34-,35?,37-,38-,39?,40?,41-,42+,43+,44?/m0/s1. The Bertz CT molecular complexity index is 1380. The molecule has 0 bridgehead atoms. The Morgan fingerprint density at radius 2 is 0.985 bits per heavy atom. The Morgan fingerprint density at radius 3 is 1.35 bits per heavy atom. The number of unbranched alkanes of at least 4 members (excludes halogenated alkanes) is 6. The number of nitrogens with one attached hydrogen (secondary N) is 3. The zero-order chi connectivity index (χ0) is 50.6. The van der Waals surface area contributed by atoms with E-state index in [-0.39, 0.29) is 26.2 Å². The van der Waals surface area contributed by atoms with Crippen LogP contribution in [-0.4, -0.2) is 222 Å². The lowest BCUT2D eigenvalue weighted by atomic mass is 9.94. The minimum atomic E-state index is -1.72. The van der Waals surface area contributed by atoms with Gasteiger partial charge >= 0.3 is 0 Å². The van der Waals surface area contributed by atoms with Gasteiger partial charge in [-0.25, -0.2) is 0 Å². The average molecular weight is 988 g/mol. The van der Waals surface area contributed by atoms with Crippen LogP contribution in [0.4, 0.5) is 0 Å². The number of amides is 3. The maximum atomic E-state index is 11.7. The molecule has 398 valence electrons. The lowest BCUT2D eigenvalue weighted by Crippen LogP contribution is -2.64. The maximum Gasteiger partial charge on any atom is 0.221 e. The molecule has 0 aliphatic carbocycles. The van der Waals surface area contributed by atoms with Crippen molar-refractivity contribution in [1.29, 1.82) is 0 Å². The zero-order valence-corrected chi connectivity index (χ0v) is 39.9. The highest BCUT2D eigenvalue weighted by Crippen LogP contribution is 2.25. The summed E-state index contributed by atoms with van der Waals surface area (Å²) in [6.07, 6.45) is -7.55. The van der Waals surface area contributed by atoms with Gasteiger partial charge in [-0.3, -0.25) is 14.4 Å². The number of aliphatic hydroxyl groups excluding tert-OH is 10. The second-order valence-electron chi connectivity index (χ2n) is 17.5. The number of carbonyl (C=O) groups excluding carboxylic acids is 3. The van der Waals surface area contributed by atoms with Crippen molar-refractivity contribution >= 4 is 17.7 Å². The number of aliphatic hydroxyl groups is 10. The quantitative estimate of drug-likeness (QED) is 0.0175. The average Bonchev–Trinajstić information content (AvgIpc) is 3.29. The first-order chi connectivity index (χ1) is 32.4. The van der Waals surface area contributed by atoms with Crippen LogP contribution in [0.1, 0.15) is 91.9 Å². The van der Waals surface area contributed by atoms with Crippen LogP contribution in [0.3, 0.4) is 0 Å². The molecule has 2 fully saturated rings. The summed E-state index contributed by atoms with van der Waals surface area (Å²) in [6.45, 7) is 6.86. The molecular formula is C44H81N3O21. The van der Waals surface area contributed by atoms with Crippen molar-refractivity contribution in [1.82, 2.24) is 16.0 Å². The van der Waals surface area contributed by atoms with Crippen molar-refractivity contribution in [2.24, 2.45) is 5.41 Å². The molecule has 2 aliphatic heterocycles. The first-order valence-electron chi connectivity index (χ1n) is 23.4. The third-order valence-corrected chi connectivity index (χ3v) is 11.0. The van der Waals surface area contributed by atoms with Gasteiger partial charge in [0.15, 0.2) is 18.9 Å². The number of hydrogen-bond donors (Lipinski definition) is 13. The van der Waals surface area contributed by atoms with E-state index in [1.807, 2.05) is 6.92 Å². The molecule has 0 aromatic rings. The molecule has 2 rings (SSSR count). The summed E-state index contributed by atoms with van der Waals surface area (Å²) in [5.74, 6) is -2.19. The highest BCUT2D eigenvalue weighted by atomic mass is 16.7. The fourth-order valence-corrected chi connectivity index (χ4v) is 7.31. The highest BCUT2D eigenvalue weighted by Gasteiger charge is 2.46. The van der Waals surface area contributed by atoms with E-state index >= 15 is 0 Å². The van der Waals surface area contributed by atoms with Crippen molar-refractivity contribution in [2.75, 3.05) is 79.3 Å². The van der Waals surface area contributed by atoms with Crippen molar-refractivity contribution in [2.45, 2.75) is 166 Å². The summed E-state index contributed by atoms with van der Waals surface area (Å²) in [6, 6.07) is -2.04. The molecule has 0 saturated carbocycles. The van der Waals surface area contributed by atoms with Gasteiger partial charge in [-0.05, 0) is 57.8 Å². The third-order valence-electron chi connectivity index (χ3n) is 11.0.